The summed E-state index contributed by atoms with van der Waals surface area (Å²) in [6.45, 7) is 5.88. The maximum Gasteiger partial charge on any atom is 0.263 e. The number of aromatic nitrogens is 2. The fraction of sp³-hybridized carbons (Fsp3) is 0.444. The fourth-order valence-corrected chi connectivity index (χ4v) is 3.32. The molecule has 0 radical (unpaired) electrons. The number of rotatable bonds is 9. The number of nitrogens with one attached hydrogen (secondary N) is 2. The van der Waals surface area contributed by atoms with E-state index in [9.17, 15) is 8.42 Å². The lowest BCUT2D eigenvalue weighted by Crippen LogP contribution is -2.17. The lowest BCUT2D eigenvalue weighted by atomic mass is 10.0. The molecule has 0 aliphatic rings. The molecule has 0 bridgehead atoms. The Balaban J connectivity index is 1.96. The topological polar surface area (TPSA) is 87.2 Å². The van der Waals surface area contributed by atoms with Crippen molar-refractivity contribution < 1.29 is 8.42 Å². The fourth-order valence-electron chi connectivity index (χ4n) is 2.32. The van der Waals surface area contributed by atoms with Gasteiger partial charge in [0, 0.05) is 6.54 Å². The number of hydrogen-bond donors (Lipinski definition) is 2. The maximum absolute atomic E-state index is 12.4. The first-order valence-corrected chi connectivity index (χ1v) is 10.1. The van der Waals surface area contributed by atoms with E-state index in [2.05, 4.69) is 39.0 Å². The van der Waals surface area contributed by atoms with Crippen LogP contribution in [0.2, 0.25) is 0 Å². The van der Waals surface area contributed by atoms with Crippen LogP contribution in [0.4, 0.5) is 11.6 Å². The Bertz CT molecular complexity index is 787. The summed E-state index contributed by atoms with van der Waals surface area (Å²) < 4.78 is 27.3. The molecule has 0 amide bonds. The average molecular weight is 378 g/mol. The van der Waals surface area contributed by atoms with Crippen LogP contribution in [0.25, 0.3) is 0 Å². The van der Waals surface area contributed by atoms with Gasteiger partial charge in [-0.15, -0.1) is 10.2 Å². The van der Waals surface area contributed by atoms with Gasteiger partial charge in [-0.2, -0.15) is 0 Å². The molecule has 0 saturated heterocycles. The van der Waals surface area contributed by atoms with E-state index in [1.165, 1.54) is 0 Å². The second kappa shape index (κ2) is 8.95. The Hall–Kier alpha value is -2.19. The zero-order chi connectivity index (χ0) is 19.2. The van der Waals surface area contributed by atoms with Crippen LogP contribution in [-0.2, 0) is 10.0 Å². The van der Waals surface area contributed by atoms with Gasteiger partial charge in [0.2, 0.25) is 0 Å². The smallest absolute Gasteiger partial charge is 0.263 e. The van der Waals surface area contributed by atoms with E-state index in [-0.39, 0.29) is 10.7 Å². The number of anilines is 2. The van der Waals surface area contributed by atoms with Gasteiger partial charge in [-0.05, 0) is 62.8 Å². The van der Waals surface area contributed by atoms with Gasteiger partial charge in [-0.25, -0.2) is 8.42 Å². The third kappa shape index (κ3) is 5.96. The van der Waals surface area contributed by atoms with Crippen LogP contribution in [0.1, 0.15) is 31.7 Å². The monoisotopic (exact) mass is 377 g/mol. The highest BCUT2D eigenvalue weighted by Gasteiger charge is 2.15. The molecule has 7 nitrogen and oxygen atoms in total. The molecule has 0 saturated carbocycles. The summed E-state index contributed by atoms with van der Waals surface area (Å²) in [4.78, 5) is 2.31. The summed E-state index contributed by atoms with van der Waals surface area (Å²) in [5.41, 5.74) is 1.09. The molecule has 0 aliphatic carbocycles. The Labute approximate surface area is 155 Å². The highest BCUT2D eigenvalue weighted by Crippen LogP contribution is 2.19. The molecule has 2 rings (SSSR count). The molecule has 0 aliphatic heterocycles. The Morgan fingerprint density at radius 2 is 1.62 bits per heavy atom. The third-order valence-corrected chi connectivity index (χ3v) is 5.22. The van der Waals surface area contributed by atoms with Crippen molar-refractivity contribution in [2.24, 2.45) is 0 Å². The van der Waals surface area contributed by atoms with Crippen molar-refractivity contribution >= 4 is 21.7 Å². The Kier molecular flexibility index (Phi) is 6.93. The second-order valence-electron chi connectivity index (χ2n) is 6.72. The maximum atomic E-state index is 12.4. The van der Waals surface area contributed by atoms with Crippen molar-refractivity contribution in [1.29, 1.82) is 0 Å². The van der Waals surface area contributed by atoms with Crippen molar-refractivity contribution in [3.63, 3.8) is 0 Å². The molecule has 2 aromatic rings. The molecule has 142 valence electrons. The van der Waals surface area contributed by atoms with E-state index >= 15 is 0 Å². The number of nitrogens with zero attached hydrogens (tertiary/aromatic N) is 3. The summed E-state index contributed by atoms with van der Waals surface area (Å²) in [6, 6.07) is 10.2. The molecule has 0 unspecified atom stereocenters. The third-order valence-electron chi connectivity index (χ3n) is 3.85. The van der Waals surface area contributed by atoms with Gasteiger partial charge >= 0.3 is 0 Å². The summed E-state index contributed by atoms with van der Waals surface area (Å²) in [7, 11) is 0.372. The second-order valence-corrected chi connectivity index (χ2v) is 8.40. The van der Waals surface area contributed by atoms with Crippen molar-refractivity contribution in [2.75, 3.05) is 37.2 Å². The van der Waals surface area contributed by atoms with Crippen molar-refractivity contribution in [3.8, 4) is 0 Å². The molecule has 0 atom stereocenters. The minimum absolute atomic E-state index is 0.191. The van der Waals surface area contributed by atoms with Gasteiger partial charge in [-0.3, -0.25) is 4.72 Å². The molecule has 2 N–H and O–H groups in total. The summed E-state index contributed by atoms with van der Waals surface area (Å²) in [5, 5.41) is 11.1. The molecule has 0 fully saturated rings. The lowest BCUT2D eigenvalue weighted by molar-refractivity contribution is 0.405. The van der Waals surface area contributed by atoms with Gasteiger partial charge in [0.1, 0.15) is 5.82 Å². The van der Waals surface area contributed by atoms with E-state index in [1.807, 2.05) is 26.2 Å². The number of sulfonamides is 1. The van der Waals surface area contributed by atoms with Crippen LogP contribution < -0.4 is 10.0 Å². The van der Waals surface area contributed by atoms with Crippen LogP contribution in [0.5, 0.6) is 0 Å². The number of benzene rings is 1. The van der Waals surface area contributed by atoms with Crippen LogP contribution in [0.3, 0.4) is 0 Å². The largest absolute Gasteiger partial charge is 0.369 e. The summed E-state index contributed by atoms with van der Waals surface area (Å²) >= 11 is 0. The first-order valence-electron chi connectivity index (χ1n) is 8.63. The average Bonchev–Trinajstić information content (AvgIpc) is 2.60. The van der Waals surface area contributed by atoms with Gasteiger partial charge in [0.25, 0.3) is 10.0 Å². The molecule has 1 aromatic heterocycles. The van der Waals surface area contributed by atoms with E-state index < -0.39 is 10.0 Å². The predicted octanol–water partition coefficient (Wildman–Crippen LogP) is 2.76. The standard InChI is InChI=1S/C18H27N5O2S/c1-14(2)15-6-8-16(9-7-15)26(24,25)22-18-11-10-17(20-21-18)19-12-5-13-23(3)4/h6-11,14H,5,12-13H2,1-4H3,(H,19,20)(H,21,22). The highest BCUT2D eigenvalue weighted by molar-refractivity contribution is 7.92. The van der Waals surface area contributed by atoms with E-state index in [0.717, 1.165) is 25.1 Å². The van der Waals surface area contributed by atoms with E-state index in [4.69, 9.17) is 0 Å². The Morgan fingerprint density at radius 1 is 1.00 bits per heavy atom. The molecule has 1 aromatic carbocycles. The van der Waals surface area contributed by atoms with Crippen molar-refractivity contribution in [2.45, 2.75) is 31.1 Å². The molecule has 8 heteroatoms. The van der Waals surface area contributed by atoms with Crippen LogP contribution in [-0.4, -0.2) is 50.7 Å². The van der Waals surface area contributed by atoms with Crippen LogP contribution in [0, 0.1) is 0 Å². The highest BCUT2D eigenvalue weighted by atomic mass is 32.2. The van der Waals surface area contributed by atoms with Crippen LogP contribution in [0.15, 0.2) is 41.3 Å². The minimum atomic E-state index is -3.68. The SMILES string of the molecule is CC(C)c1ccc(S(=O)(=O)Nc2ccc(NCCCN(C)C)nn2)cc1. The Morgan fingerprint density at radius 3 is 2.15 bits per heavy atom. The summed E-state index contributed by atoms with van der Waals surface area (Å²) in [5.74, 6) is 1.16. The summed E-state index contributed by atoms with van der Waals surface area (Å²) in [6.07, 6.45) is 0.982. The van der Waals surface area contributed by atoms with E-state index in [0.29, 0.717) is 11.7 Å². The normalized spacial score (nSPS) is 11.8. The number of hydrogen-bond acceptors (Lipinski definition) is 6. The van der Waals surface area contributed by atoms with Gasteiger partial charge < -0.3 is 10.2 Å². The minimum Gasteiger partial charge on any atom is -0.369 e. The molecule has 1 heterocycles. The first kappa shape index (κ1) is 20.1. The first-order chi connectivity index (χ1) is 12.3. The van der Waals surface area contributed by atoms with Crippen LogP contribution >= 0.6 is 0 Å². The quantitative estimate of drug-likeness (QED) is 0.654. The van der Waals surface area contributed by atoms with Crippen molar-refractivity contribution in [1.82, 2.24) is 15.1 Å². The van der Waals surface area contributed by atoms with Crippen molar-refractivity contribution in [3.05, 3.63) is 42.0 Å². The molecule has 0 spiro atoms. The van der Waals surface area contributed by atoms with Gasteiger partial charge in [0.05, 0.1) is 4.90 Å². The van der Waals surface area contributed by atoms with Gasteiger partial charge in [-0.1, -0.05) is 26.0 Å². The molecular formula is C18H27N5O2S. The van der Waals surface area contributed by atoms with E-state index in [1.54, 1.807) is 24.3 Å². The molecule has 26 heavy (non-hydrogen) atoms. The van der Waals surface area contributed by atoms with Gasteiger partial charge in [0.15, 0.2) is 5.82 Å². The zero-order valence-corrected chi connectivity index (χ0v) is 16.5. The predicted molar refractivity (Wildman–Crippen MR) is 105 cm³/mol. The lowest BCUT2D eigenvalue weighted by Gasteiger charge is -2.11. The zero-order valence-electron chi connectivity index (χ0n) is 15.7. The molecular weight excluding hydrogens is 350 g/mol.